The Morgan fingerprint density at radius 2 is 2.10 bits per heavy atom. The number of benzene rings is 1. The number of amides is 2. The molecule has 0 saturated carbocycles. The lowest BCUT2D eigenvalue weighted by molar-refractivity contribution is -0.130. The zero-order chi connectivity index (χ0) is 16.0. The van der Waals surface area contributed by atoms with Crippen LogP contribution < -0.4 is 11.1 Å². The van der Waals surface area contributed by atoms with Crippen LogP contribution >= 0.6 is 0 Å². The maximum absolute atomic E-state index is 13.8. The van der Waals surface area contributed by atoms with Crippen LogP contribution in [0.2, 0.25) is 0 Å². The van der Waals surface area contributed by atoms with Crippen molar-refractivity contribution < 1.29 is 14.0 Å². The van der Waals surface area contributed by atoms with Crippen LogP contribution in [-0.2, 0) is 4.79 Å². The van der Waals surface area contributed by atoms with E-state index in [-0.39, 0.29) is 23.6 Å². The van der Waals surface area contributed by atoms with Crippen LogP contribution in [0.1, 0.15) is 22.8 Å². The topological polar surface area (TPSA) is 75.4 Å². The first kappa shape index (κ1) is 16.7. The van der Waals surface area contributed by atoms with Gasteiger partial charge in [0, 0.05) is 19.7 Å². The summed E-state index contributed by atoms with van der Waals surface area (Å²) < 4.78 is 13.8. The lowest BCUT2D eigenvalue weighted by Crippen LogP contribution is -2.44. The number of carbonyl (C=O) groups excluding carboxylic acids is 2. The molecule has 6 heteroatoms. The Hall–Kier alpha value is -2.39. The number of likely N-dealkylation sites (N-methyl/N-ethyl adjacent to an activating group) is 1. The Bertz CT molecular complexity index is 603. The van der Waals surface area contributed by atoms with Gasteiger partial charge in [-0.3, -0.25) is 9.59 Å². The molecule has 1 rings (SSSR count). The fourth-order valence-corrected chi connectivity index (χ4v) is 1.63. The molecule has 112 valence electrons. The zero-order valence-electron chi connectivity index (χ0n) is 12.2. The molecule has 0 aliphatic carbocycles. The van der Waals surface area contributed by atoms with Crippen LogP contribution in [0.4, 0.5) is 4.39 Å². The second kappa shape index (κ2) is 7.41. The van der Waals surface area contributed by atoms with Gasteiger partial charge >= 0.3 is 0 Å². The molecule has 0 bridgehead atoms. The van der Waals surface area contributed by atoms with Gasteiger partial charge in [-0.2, -0.15) is 0 Å². The highest BCUT2D eigenvalue weighted by molar-refractivity contribution is 5.97. The fraction of sp³-hybridized carbons (Fsp3) is 0.333. The average molecular weight is 291 g/mol. The Kier molecular flexibility index (Phi) is 5.88. The zero-order valence-corrected chi connectivity index (χ0v) is 12.2. The second-order valence-corrected chi connectivity index (χ2v) is 4.63. The number of halogens is 1. The molecular formula is C15H18FN3O2. The summed E-state index contributed by atoms with van der Waals surface area (Å²) in [5.41, 5.74) is 5.52. The Morgan fingerprint density at radius 1 is 1.43 bits per heavy atom. The van der Waals surface area contributed by atoms with E-state index in [2.05, 4.69) is 17.2 Å². The Labute approximate surface area is 123 Å². The molecule has 21 heavy (non-hydrogen) atoms. The van der Waals surface area contributed by atoms with Gasteiger partial charge < -0.3 is 16.0 Å². The number of carbonyl (C=O) groups is 2. The van der Waals surface area contributed by atoms with Crippen LogP contribution in [0, 0.1) is 17.7 Å². The van der Waals surface area contributed by atoms with Crippen LogP contribution in [-0.4, -0.2) is 43.4 Å². The molecule has 1 unspecified atom stereocenters. The Morgan fingerprint density at radius 3 is 2.62 bits per heavy atom. The quantitative estimate of drug-likeness (QED) is 0.789. The molecule has 0 heterocycles. The molecule has 0 radical (unpaired) electrons. The van der Waals surface area contributed by atoms with E-state index in [1.807, 2.05) is 0 Å². The summed E-state index contributed by atoms with van der Waals surface area (Å²) in [6, 6.07) is 3.26. The molecule has 2 amide bonds. The number of nitrogens with one attached hydrogen (secondary N) is 1. The molecule has 0 fully saturated rings. The van der Waals surface area contributed by atoms with Gasteiger partial charge in [0.1, 0.15) is 11.9 Å². The van der Waals surface area contributed by atoms with Crippen molar-refractivity contribution in [2.24, 2.45) is 5.73 Å². The van der Waals surface area contributed by atoms with Gasteiger partial charge in [-0.15, -0.1) is 0 Å². The van der Waals surface area contributed by atoms with Gasteiger partial charge in [-0.25, -0.2) is 4.39 Å². The minimum absolute atomic E-state index is 0.129. The molecular weight excluding hydrogens is 273 g/mol. The number of hydrogen-bond donors (Lipinski definition) is 2. The maximum atomic E-state index is 13.8. The van der Waals surface area contributed by atoms with E-state index in [1.165, 1.54) is 17.0 Å². The van der Waals surface area contributed by atoms with E-state index in [4.69, 9.17) is 5.73 Å². The van der Waals surface area contributed by atoms with Gasteiger partial charge in [-0.1, -0.05) is 11.8 Å². The summed E-state index contributed by atoms with van der Waals surface area (Å²) in [5.74, 6) is 3.75. The number of nitrogens with zero attached hydrogens (tertiary/aromatic N) is 1. The second-order valence-electron chi connectivity index (χ2n) is 4.63. The first-order chi connectivity index (χ1) is 9.86. The minimum Gasteiger partial charge on any atom is -0.347 e. The van der Waals surface area contributed by atoms with Crippen molar-refractivity contribution in [3.63, 3.8) is 0 Å². The third-order valence-corrected chi connectivity index (χ3v) is 2.72. The minimum atomic E-state index is -0.688. The van der Waals surface area contributed by atoms with Crippen LogP contribution in [0.25, 0.3) is 0 Å². The van der Waals surface area contributed by atoms with Gasteiger partial charge in [0.25, 0.3) is 5.91 Å². The van der Waals surface area contributed by atoms with E-state index in [0.29, 0.717) is 0 Å². The van der Waals surface area contributed by atoms with Gasteiger partial charge in [-0.05, 0) is 25.1 Å². The summed E-state index contributed by atoms with van der Waals surface area (Å²) in [6.45, 7) is 1.70. The summed E-state index contributed by atoms with van der Waals surface area (Å²) >= 11 is 0. The maximum Gasteiger partial charge on any atom is 0.252 e. The summed E-state index contributed by atoms with van der Waals surface area (Å²) in [7, 11) is 3.19. The molecule has 0 aromatic heterocycles. The third-order valence-electron chi connectivity index (χ3n) is 2.72. The van der Waals surface area contributed by atoms with Crippen molar-refractivity contribution in [1.29, 1.82) is 0 Å². The highest BCUT2D eigenvalue weighted by atomic mass is 19.1. The Balaban J connectivity index is 2.84. The molecule has 0 aliphatic heterocycles. The summed E-state index contributed by atoms with van der Waals surface area (Å²) in [4.78, 5) is 25.0. The van der Waals surface area contributed by atoms with E-state index >= 15 is 0 Å². The third kappa shape index (κ3) is 4.58. The largest absolute Gasteiger partial charge is 0.347 e. The number of nitrogens with two attached hydrogens (primary N) is 1. The lowest BCUT2D eigenvalue weighted by Gasteiger charge is -2.18. The molecule has 1 atom stereocenters. The van der Waals surface area contributed by atoms with Gasteiger partial charge in [0.15, 0.2) is 0 Å². The normalized spacial score (nSPS) is 11.1. The smallest absolute Gasteiger partial charge is 0.252 e. The van der Waals surface area contributed by atoms with Crippen molar-refractivity contribution >= 4 is 11.8 Å². The summed E-state index contributed by atoms with van der Waals surface area (Å²) in [6.07, 6.45) is 0. The molecule has 5 nitrogen and oxygen atoms in total. The van der Waals surface area contributed by atoms with Gasteiger partial charge in [0.2, 0.25) is 5.91 Å². The number of hydrogen-bond acceptors (Lipinski definition) is 3. The van der Waals surface area contributed by atoms with Crippen molar-refractivity contribution in [3.05, 3.63) is 35.1 Å². The standard InChI is InChI=1S/C15H18FN3O2/c1-10(15(21)19(2)3)18-14(20)12-7-6-11(5-4-8-17)13(16)9-12/h6-7,9-10H,8,17H2,1-3H3,(H,18,20). The fourth-order valence-electron chi connectivity index (χ4n) is 1.63. The molecule has 1 aromatic rings. The number of rotatable bonds is 3. The highest BCUT2D eigenvalue weighted by Gasteiger charge is 2.18. The first-order valence-electron chi connectivity index (χ1n) is 6.37. The molecule has 0 spiro atoms. The van der Waals surface area contributed by atoms with E-state index < -0.39 is 17.8 Å². The van der Waals surface area contributed by atoms with Gasteiger partial charge in [0.05, 0.1) is 12.1 Å². The molecule has 0 aliphatic rings. The van der Waals surface area contributed by atoms with Crippen molar-refractivity contribution in [2.75, 3.05) is 20.6 Å². The SMILES string of the molecule is CC(NC(=O)c1ccc(C#CCN)c(F)c1)C(=O)N(C)C. The molecule has 1 aromatic carbocycles. The predicted molar refractivity (Wildman–Crippen MR) is 78.0 cm³/mol. The van der Waals surface area contributed by atoms with E-state index in [1.54, 1.807) is 21.0 Å². The van der Waals surface area contributed by atoms with Crippen molar-refractivity contribution in [2.45, 2.75) is 13.0 Å². The predicted octanol–water partition coefficient (Wildman–Crippen LogP) is 0.342. The van der Waals surface area contributed by atoms with Crippen LogP contribution in [0.15, 0.2) is 18.2 Å². The summed E-state index contributed by atoms with van der Waals surface area (Å²) in [5, 5.41) is 2.51. The van der Waals surface area contributed by atoms with Crippen molar-refractivity contribution in [3.8, 4) is 11.8 Å². The molecule has 3 N–H and O–H groups in total. The monoisotopic (exact) mass is 291 g/mol. The lowest BCUT2D eigenvalue weighted by atomic mass is 10.1. The molecule has 0 saturated heterocycles. The van der Waals surface area contributed by atoms with Crippen LogP contribution in [0.5, 0.6) is 0 Å². The highest BCUT2D eigenvalue weighted by Crippen LogP contribution is 2.10. The van der Waals surface area contributed by atoms with E-state index in [0.717, 1.165) is 6.07 Å². The average Bonchev–Trinajstić information content (AvgIpc) is 2.44. The van der Waals surface area contributed by atoms with E-state index in [9.17, 15) is 14.0 Å². The van der Waals surface area contributed by atoms with Crippen LogP contribution in [0.3, 0.4) is 0 Å². The first-order valence-corrected chi connectivity index (χ1v) is 6.37. The van der Waals surface area contributed by atoms with Crippen molar-refractivity contribution in [1.82, 2.24) is 10.2 Å².